The molecule has 0 radical (unpaired) electrons. The Morgan fingerprint density at radius 1 is 1.14 bits per heavy atom. The highest BCUT2D eigenvalue weighted by molar-refractivity contribution is 6.04. The molecule has 1 fully saturated rings. The molecule has 0 saturated carbocycles. The molecule has 6 heteroatoms. The van der Waals surface area contributed by atoms with Crippen LogP contribution in [0.15, 0.2) is 42.6 Å². The Kier molecular flexibility index (Phi) is 6.65. The topological polar surface area (TPSA) is 63.7 Å². The van der Waals surface area contributed by atoms with Gasteiger partial charge in [-0.15, -0.1) is 0 Å². The lowest BCUT2D eigenvalue weighted by Crippen LogP contribution is -2.38. The number of hydrogen-bond donors (Lipinski definition) is 1. The fourth-order valence-electron chi connectivity index (χ4n) is 2.97. The van der Waals surface area contributed by atoms with E-state index >= 15 is 0 Å². The molecular formula is C22H29N3O3. The van der Waals surface area contributed by atoms with Crippen LogP contribution in [0.1, 0.15) is 36.7 Å². The smallest absolute Gasteiger partial charge is 0.255 e. The van der Waals surface area contributed by atoms with Crippen molar-refractivity contribution in [1.29, 1.82) is 0 Å². The van der Waals surface area contributed by atoms with Crippen LogP contribution >= 0.6 is 0 Å². The molecule has 2 aromatic rings. The predicted molar refractivity (Wildman–Crippen MR) is 110 cm³/mol. The number of morpholine rings is 1. The number of anilines is 1. The summed E-state index contributed by atoms with van der Waals surface area (Å²) in [6.45, 7) is 11.3. The molecule has 1 aliphatic heterocycles. The van der Waals surface area contributed by atoms with Crippen molar-refractivity contribution in [2.75, 3.05) is 44.8 Å². The van der Waals surface area contributed by atoms with Gasteiger partial charge in [-0.05, 0) is 29.2 Å². The molecule has 1 aromatic carbocycles. The van der Waals surface area contributed by atoms with E-state index in [-0.39, 0.29) is 11.3 Å². The maximum atomic E-state index is 12.4. The van der Waals surface area contributed by atoms with Crippen molar-refractivity contribution in [3.63, 3.8) is 0 Å². The number of nitrogens with zero attached hydrogens (tertiary/aromatic N) is 2. The van der Waals surface area contributed by atoms with Crippen molar-refractivity contribution in [1.82, 2.24) is 9.88 Å². The maximum Gasteiger partial charge on any atom is 0.255 e. The van der Waals surface area contributed by atoms with E-state index in [0.29, 0.717) is 23.7 Å². The summed E-state index contributed by atoms with van der Waals surface area (Å²) in [6.07, 6.45) is 1.62. The van der Waals surface area contributed by atoms with Crippen LogP contribution in [0.25, 0.3) is 0 Å². The maximum absolute atomic E-state index is 12.4. The number of ether oxygens (including phenoxy) is 2. The number of pyridine rings is 1. The van der Waals surface area contributed by atoms with E-state index in [1.165, 1.54) is 5.56 Å². The summed E-state index contributed by atoms with van der Waals surface area (Å²) in [5.41, 5.74) is 2.53. The highest BCUT2D eigenvalue weighted by atomic mass is 16.5. The van der Waals surface area contributed by atoms with Crippen molar-refractivity contribution in [3.8, 4) is 5.88 Å². The Morgan fingerprint density at radius 3 is 2.46 bits per heavy atom. The number of carbonyl (C=O) groups excluding carboxylic acids is 1. The molecule has 3 rings (SSSR count). The van der Waals surface area contributed by atoms with Crippen LogP contribution in [-0.2, 0) is 10.2 Å². The summed E-state index contributed by atoms with van der Waals surface area (Å²) in [5.74, 6) is 0.407. The lowest BCUT2D eigenvalue weighted by molar-refractivity contribution is 0.0320. The SMILES string of the molecule is CC(C)(C)c1ccc(C(=O)Nc2ccc(OCCN3CCOCC3)nc2)cc1. The largest absolute Gasteiger partial charge is 0.476 e. The van der Waals surface area contributed by atoms with Gasteiger partial charge in [-0.25, -0.2) is 4.98 Å². The molecule has 1 N–H and O–H groups in total. The minimum absolute atomic E-state index is 0.0660. The highest BCUT2D eigenvalue weighted by Crippen LogP contribution is 2.22. The zero-order chi connectivity index (χ0) is 20.0. The van der Waals surface area contributed by atoms with Crippen LogP contribution < -0.4 is 10.1 Å². The molecule has 1 saturated heterocycles. The van der Waals surface area contributed by atoms with Gasteiger partial charge in [0.2, 0.25) is 5.88 Å². The highest BCUT2D eigenvalue weighted by Gasteiger charge is 2.14. The molecule has 6 nitrogen and oxygen atoms in total. The Morgan fingerprint density at radius 2 is 1.86 bits per heavy atom. The van der Waals surface area contributed by atoms with Crippen LogP contribution in [0.2, 0.25) is 0 Å². The molecule has 2 heterocycles. The first-order valence-corrected chi connectivity index (χ1v) is 9.73. The Hall–Kier alpha value is -2.44. The van der Waals surface area contributed by atoms with Crippen LogP contribution in [0.4, 0.5) is 5.69 Å². The number of nitrogens with one attached hydrogen (secondary N) is 1. The average molecular weight is 383 g/mol. The summed E-state index contributed by atoms with van der Waals surface area (Å²) in [5, 5.41) is 2.87. The third-order valence-corrected chi connectivity index (χ3v) is 4.77. The number of rotatable bonds is 6. The van der Waals surface area contributed by atoms with E-state index in [2.05, 4.69) is 36.0 Å². The van der Waals surface area contributed by atoms with Gasteiger partial charge in [0.15, 0.2) is 0 Å². The normalized spacial score (nSPS) is 15.2. The fraction of sp³-hybridized carbons (Fsp3) is 0.455. The van der Waals surface area contributed by atoms with Gasteiger partial charge in [-0.1, -0.05) is 32.9 Å². The minimum Gasteiger partial charge on any atom is -0.476 e. The van der Waals surface area contributed by atoms with Crippen molar-refractivity contribution in [3.05, 3.63) is 53.7 Å². The first-order chi connectivity index (χ1) is 13.4. The predicted octanol–water partition coefficient (Wildman–Crippen LogP) is 3.34. The summed E-state index contributed by atoms with van der Waals surface area (Å²) in [4.78, 5) is 19.0. The first-order valence-electron chi connectivity index (χ1n) is 9.73. The van der Waals surface area contributed by atoms with Gasteiger partial charge >= 0.3 is 0 Å². The van der Waals surface area contributed by atoms with Crippen LogP contribution in [0, 0.1) is 0 Å². The van der Waals surface area contributed by atoms with Gasteiger partial charge in [0.05, 0.1) is 25.1 Å². The monoisotopic (exact) mass is 383 g/mol. The molecule has 0 bridgehead atoms. The summed E-state index contributed by atoms with van der Waals surface area (Å²) in [6, 6.07) is 11.3. The summed E-state index contributed by atoms with van der Waals surface area (Å²) < 4.78 is 11.0. The average Bonchev–Trinajstić information content (AvgIpc) is 2.69. The fourth-order valence-corrected chi connectivity index (χ4v) is 2.97. The number of aromatic nitrogens is 1. The second-order valence-electron chi connectivity index (χ2n) is 7.97. The van der Waals surface area contributed by atoms with Crippen LogP contribution in [-0.4, -0.2) is 55.2 Å². The Balaban J connectivity index is 1.48. The van der Waals surface area contributed by atoms with E-state index < -0.39 is 0 Å². The molecule has 0 spiro atoms. The molecule has 150 valence electrons. The van der Waals surface area contributed by atoms with E-state index in [1.54, 1.807) is 18.3 Å². The first kappa shape index (κ1) is 20.3. The van der Waals surface area contributed by atoms with E-state index in [9.17, 15) is 4.79 Å². The molecule has 0 atom stereocenters. The van der Waals surface area contributed by atoms with Crippen molar-refractivity contribution >= 4 is 11.6 Å². The molecule has 1 amide bonds. The second-order valence-corrected chi connectivity index (χ2v) is 7.97. The van der Waals surface area contributed by atoms with E-state index in [1.807, 2.05) is 24.3 Å². The van der Waals surface area contributed by atoms with E-state index in [4.69, 9.17) is 9.47 Å². The number of benzene rings is 1. The zero-order valence-corrected chi connectivity index (χ0v) is 16.9. The quantitative estimate of drug-likeness (QED) is 0.829. The zero-order valence-electron chi connectivity index (χ0n) is 16.9. The van der Waals surface area contributed by atoms with Crippen molar-refractivity contribution in [2.45, 2.75) is 26.2 Å². The molecule has 0 aliphatic carbocycles. The van der Waals surface area contributed by atoms with Crippen LogP contribution in [0.5, 0.6) is 5.88 Å². The van der Waals surface area contributed by atoms with Crippen molar-refractivity contribution < 1.29 is 14.3 Å². The minimum atomic E-state index is -0.150. The third kappa shape index (κ3) is 5.78. The van der Waals surface area contributed by atoms with Gasteiger partial charge in [-0.3, -0.25) is 9.69 Å². The summed E-state index contributed by atoms with van der Waals surface area (Å²) >= 11 is 0. The standard InChI is InChI=1S/C22H29N3O3/c1-22(2,3)18-6-4-17(5-7-18)21(26)24-19-8-9-20(23-16-19)28-15-12-25-10-13-27-14-11-25/h4-9,16H,10-15H2,1-3H3,(H,24,26). The number of amides is 1. The molecule has 0 unspecified atom stereocenters. The van der Waals surface area contributed by atoms with Gasteiger partial charge in [-0.2, -0.15) is 0 Å². The summed E-state index contributed by atoms with van der Waals surface area (Å²) in [7, 11) is 0. The number of carbonyl (C=O) groups is 1. The third-order valence-electron chi connectivity index (χ3n) is 4.77. The van der Waals surface area contributed by atoms with Gasteiger partial charge in [0.1, 0.15) is 6.61 Å². The van der Waals surface area contributed by atoms with Gasteiger partial charge < -0.3 is 14.8 Å². The second kappa shape index (κ2) is 9.17. The van der Waals surface area contributed by atoms with Gasteiger partial charge in [0.25, 0.3) is 5.91 Å². The molecule has 1 aliphatic rings. The van der Waals surface area contributed by atoms with Gasteiger partial charge in [0, 0.05) is 31.3 Å². The lowest BCUT2D eigenvalue weighted by atomic mass is 9.87. The number of hydrogen-bond acceptors (Lipinski definition) is 5. The molecule has 28 heavy (non-hydrogen) atoms. The van der Waals surface area contributed by atoms with Crippen molar-refractivity contribution in [2.24, 2.45) is 0 Å². The molecular weight excluding hydrogens is 354 g/mol. The molecule has 1 aromatic heterocycles. The van der Waals surface area contributed by atoms with Crippen LogP contribution in [0.3, 0.4) is 0 Å². The Bertz CT molecular complexity index is 761. The lowest BCUT2D eigenvalue weighted by Gasteiger charge is -2.26. The Labute approximate surface area is 166 Å². The van der Waals surface area contributed by atoms with E-state index in [0.717, 1.165) is 32.8 Å².